The minimum Gasteiger partial charge on any atom is -0.390 e. The number of anilines is 1. The molecule has 218 valence electrons. The van der Waals surface area contributed by atoms with Crippen LogP contribution in [0.2, 0.25) is 0 Å². The highest BCUT2D eigenvalue weighted by Crippen LogP contribution is 2.33. The number of rotatable bonds is 10. The first-order valence-electron chi connectivity index (χ1n) is 13.8. The van der Waals surface area contributed by atoms with Crippen LogP contribution >= 0.6 is 11.3 Å². The van der Waals surface area contributed by atoms with Gasteiger partial charge in [-0.1, -0.05) is 19.9 Å². The van der Waals surface area contributed by atoms with Crippen LogP contribution in [0, 0.1) is 11.3 Å². The van der Waals surface area contributed by atoms with Crippen molar-refractivity contribution in [3.05, 3.63) is 52.8 Å². The first-order valence-corrected chi connectivity index (χ1v) is 14.6. The smallest absolute Gasteiger partial charge is 0.390 e. The van der Waals surface area contributed by atoms with Crippen molar-refractivity contribution in [1.82, 2.24) is 24.8 Å². The quantitative estimate of drug-likeness (QED) is 0.239. The van der Waals surface area contributed by atoms with Crippen molar-refractivity contribution in [3.8, 4) is 6.07 Å². The summed E-state index contributed by atoms with van der Waals surface area (Å²) in [4.78, 5) is 11.7. The van der Waals surface area contributed by atoms with E-state index in [0.29, 0.717) is 34.8 Å². The van der Waals surface area contributed by atoms with Gasteiger partial charge in [-0.2, -0.15) is 18.4 Å². The van der Waals surface area contributed by atoms with Crippen LogP contribution in [0.4, 0.5) is 19.0 Å². The number of aliphatic hydroxyl groups is 1. The van der Waals surface area contributed by atoms with Gasteiger partial charge in [0.05, 0.1) is 24.5 Å². The molecule has 1 fully saturated rings. The third-order valence-corrected chi connectivity index (χ3v) is 8.37. The number of thiophene rings is 1. The second-order valence-corrected chi connectivity index (χ2v) is 12.1. The second-order valence-electron chi connectivity index (χ2n) is 11.0. The Balaban J connectivity index is 1.19. The molecule has 4 heterocycles. The molecule has 41 heavy (non-hydrogen) atoms. The van der Waals surface area contributed by atoms with Crippen LogP contribution in [0.1, 0.15) is 42.8 Å². The van der Waals surface area contributed by atoms with E-state index >= 15 is 0 Å². The van der Waals surface area contributed by atoms with Crippen molar-refractivity contribution in [2.75, 3.05) is 25.0 Å². The molecule has 1 saturated heterocycles. The zero-order valence-electron chi connectivity index (χ0n) is 23.1. The molecule has 1 aliphatic heterocycles. The lowest BCUT2D eigenvalue weighted by molar-refractivity contribution is -0.126. The Hall–Kier alpha value is -3.24. The molecule has 0 aliphatic carbocycles. The Morgan fingerprint density at radius 3 is 2.66 bits per heavy atom. The number of nitrogens with zero attached hydrogens (tertiary/aromatic N) is 5. The Morgan fingerprint density at radius 1 is 1.17 bits per heavy atom. The van der Waals surface area contributed by atoms with Crippen molar-refractivity contribution in [3.63, 3.8) is 0 Å². The predicted octanol–water partition coefficient (Wildman–Crippen LogP) is 5.06. The van der Waals surface area contributed by atoms with Gasteiger partial charge in [-0.25, -0.2) is 9.97 Å². The van der Waals surface area contributed by atoms with E-state index in [1.165, 1.54) is 6.33 Å². The number of aliphatic hydroxyl groups excluding tert-OH is 1. The summed E-state index contributed by atoms with van der Waals surface area (Å²) in [5, 5.41) is 28.5. The van der Waals surface area contributed by atoms with Crippen molar-refractivity contribution in [2.24, 2.45) is 0 Å². The number of hydrogen-bond donors (Lipinski definition) is 3. The highest BCUT2D eigenvalue weighted by molar-refractivity contribution is 7.18. The zero-order chi connectivity index (χ0) is 29.1. The maximum atomic E-state index is 12.9. The lowest BCUT2D eigenvalue weighted by Gasteiger charge is -2.32. The molecule has 0 saturated carbocycles. The Bertz CT molecular complexity index is 1530. The number of piperidine rings is 1. The van der Waals surface area contributed by atoms with E-state index in [1.54, 1.807) is 6.07 Å². The van der Waals surface area contributed by atoms with Gasteiger partial charge in [0.15, 0.2) is 0 Å². The molecule has 12 heteroatoms. The summed E-state index contributed by atoms with van der Waals surface area (Å²) in [6.07, 6.45) is -2.66. The summed E-state index contributed by atoms with van der Waals surface area (Å²) in [5.41, 5.74) is 2.61. The summed E-state index contributed by atoms with van der Waals surface area (Å²) >= 11 is 1.06. The van der Waals surface area contributed by atoms with E-state index in [2.05, 4.69) is 43.7 Å². The molecule has 1 aromatic carbocycles. The molecule has 0 spiro atoms. The third kappa shape index (κ3) is 7.35. The van der Waals surface area contributed by atoms with E-state index in [0.717, 1.165) is 60.3 Å². The highest BCUT2D eigenvalue weighted by Gasteiger charge is 2.29. The SMILES string of the molecule is CC(C)NCC(O)Cn1c(C#N)cc2cc(CN3CCC(Nc4ncnc5sc(CC(F)(F)F)cc45)CC3)ccc21. The number of nitriles is 1. The van der Waals surface area contributed by atoms with E-state index in [-0.39, 0.29) is 17.0 Å². The number of halogens is 3. The van der Waals surface area contributed by atoms with Crippen LogP contribution in [0.15, 0.2) is 36.7 Å². The van der Waals surface area contributed by atoms with Crippen LogP contribution in [0.3, 0.4) is 0 Å². The average molecular weight is 586 g/mol. The normalized spacial score (nSPS) is 16.0. The van der Waals surface area contributed by atoms with Crippen LogP contribution < -0.4 is 10.6 Å². The predicted molar refractivity (Wildman–Crippen MR) is 155 cm³/mol. The minimum absolute atomic E-state index is 0.168. The fourth-order valence-corrected chi connectivity index (χ4v) is 6.37. The van der Waals surface area contributed by atoms with Gasteiger partial charge in [0.2, 0.25) is 0 Å². The molecule has 1 unspecified atom stereocenters. The molecule has 8 nitrogen and oxygen atoms in total. The first kappa shape index (κ1) is 29.3. The first-order chi connectivity index (χ1) is 19.6. The molecular formula is C29H34F3N7OS. The number of alkyl halides is 3. The highest BCUT2D eigenvalue weighted by atomic mass is 32.1. The summed E-state index contributed by atoms with van der Waals surface area (Å²) in [6.45, 7) is 7.37. The number of fused-ring (bicyclic) bond motifs is 2. The van der Waals surface area contributed by atoms with Gasteiger partial charge in [-0.05, 0) is 42.7 Å². The topological polar surface area (TPSA) is 102 Å². The molecule has 0 radical (unpaired) electrons. The molecule has 3 N–H and O–H groups in total. The van der Waals surface area contributed by atoms with E-state index in [1.807, 2.05) is 30.5 Å². The van der Waals surface area contributed by atoms with E-state index in [9.17, 15) is 23.5 Å². The minimum atomic E-state index is -4.26. The van der Waals surface area contributed by atoms with Crippen molar-refractivity contribution >= 4 is 38.3 Å². The van der Waals surface area contributed by atoms with Crippen LogP contribution in [-0.4, -0.2) is 68.5 Å². The molecule has 4 aromatic rings. The van der Waals surface area contributed by atoms with Crippen LogP contribution in [0.5, 0.6) is 0 Å². The monoisotopic (exact) mass is 585 g/mol. The lowest BCUT2D eigenvalue weighted by atomic mass is 10.0. The molecule has 1 aliphatic rings. The van der Waals surface area contributed by atoms with E-state index in [4.69, 9.17) is 0 Å². The van der Waals surface area contributed by atoms with Gasteiger partial charge < -0.3 is 20.3 Å². The molecule has 0 amide bonds. The lowest BCUT2D eigenvalue weighted by Crippen LogP contribution is -2.38. The van der Waals surface area contributed by atoms with Gasteiger partial charge in [-0.3, -0.25) is 4.90 Å². The molecule has 1 atom stereocenters. The maximum Gasteiger partial charge on any atom is 0.393 e. The van der Waals surface area contributed by atoms with Gasteiger partial charge in [0.25, 0.3) is 0 Å². The summed E-state index contributed by atoms with van der Waals surface area (Å²) in [5.74, 6) is 0.589. The van der Waals surface area contributed by atoms with Crippen LogP contribution in [-0.2, 0) is 19.5 Å². The Morgan fingerprint density at radius 2 is 1.95 bits per heavy atom. The number of likely N-dealkylation sites (tertiary alicyclic amines) is 1. The summed E-state index contributed by atoms with van der Waals surface area (Å²) in [6, 6.07) is 12.3. The second kappa shape index (κ2) is 12.3. The van der Waals surface area contributed by atoms with Gasteiger partial charge in [-0.15, -0.1) is 11.3 Å². The summed E-state index contributed by atoms with van der Waals surface area (Å²) in [7, 11) is 0. The average Bonchev–Trinajstić information content (AvgIpc) is 3.48. The number of hydrogen-bond acceptors (Lipinski definition) is 8. The fraction of sp³-hybridized carbons (Fsp3) is 0.483. The standard InChI is InChI=1S/C29H34F3N7OS/c1-18(2)34-14-23(40)16-39-22(13-33)10-20-9-19(3-4-26(20)39)15-38-7-5-21(6-8-38)37-27-25-11-24(12-29(30,31)32)41-28(25)36-17-35-27/h3-4,9-11,17-18,21,23,34,40H,5-8,12,14-16H2,1-2H3,(H,35,36,37). The number of nitrogens with one attached hydrogen (secondary N) is 2. The Kier molecular flexibility index (Phi) is 8.79. The van der Waals surface area contributed by atoms with Gasteiger partial charge in [0, 0.05) is 54.0 Å². The molecule has 3 aromatic heterocycles. The van der Waals surface area contributed by atoms with Crippen LogP contribution in [0.25, 0.3) is 21.1 Å². The molecule has 5 rings (SSSR count). The van der Waals surface area contributed by atoms with E-state index < -0.39 is 18.7 Å². The molecular weight excluding hydrogens is 551 g/mol. The fourth-order valence-electron chi connectivity index (χ4n) is 5.35. The third-order valence-electron chi connectivity index (χ3n) is 7.33. The zero-order valence-corrected chi connectivity index (χ0v) is 23.9. The maximum absolute atomic E-state index is 12.9. The molecule has 0 bridgehead atoms. The van der Waals surface area contributed by atoms with Gasteiger partial charge >= 0.3 is 6.18 Å². The summed E-state index contributed by atoms with van der Waals surface area (Å²) < 4.78 is 40.5. The van der Waals surface area contributed by atoms with Crippen molar-refractivity contribution in [1.29, 1.82) is 5.26 Å². The van der Waals surface area contributed by atoms with Crippen molar-refractivity contribution < 1.29 is 18.3 Å². The van der Waals surface area contributed by atoms with Gasteiger partial charge in [0.1, 0.15) is 28.7 Å². The number of benzene rings is 1. The largest absolute Gasteiger partial charge is 0.393 e. The Labute approximate surface area is 240 Å². The van der Waals surface area contributed by atoms with Crippen molar-refractivity contribution in [2.45, 2.75) is 70.6 Å². The number of aromatic nitrogens is 3.